The van der Waals surface area contributed by atoms with Gasteiger partial charge in [0.2, 0.25) is 0 Å². The minimum Gasteiger partial charge on any atom is -0.494 e. The molecule has 130 valence electrons. The minimum absolute atomic E-state index is 0.202. The van der Waals surface area contributed by atoms with Crippen molar-refractivity contribution in [2.75, 3.05) is 6.61 Å². The van der Waals surface area contributed by atoms with E-state index < -0.39 is 0 Å². The van der Waals surface area contributed by atoms with Gasteiger partial charge < -0.3 is 9.30 Å². The van der Waals surface area contributed by atoms with Crippen LogP contribution in [-0.4, -0.2) is 16.2 Å². The molecule has 0 fully saturated rings. The standard InChI is InChI=1S/C20H22FN3O/c1-3-25-18-9-4-6-15(12-18)14-23-19(20-22-10-11-24(20)2)16-7-5-8-17(21)13-16/h4-13,19,23H,3,14H2,1-2H3/t19-/m0/s1. The van der Waals surface area contributed by atoms with Gasteiger partial charge in [0, 0.05) is 26.0 Å². The van der Waals surface area contributed by atoms with E-state index in [0.29, 0.717) is 13.2 Å². The highest BCUT2D eigenvalue weighted by atomic mass is 19.1. The van der Waals surface area contributed by atoms with E-state index in [1.54, 1.807) is 18.3 Å². The number of ether oxygens (including phenoxy) is 1. The Kier molecular flexibility index (Phi) is 5.46. The Labute approximate surface area is 147 Å². The molecule has 3 rings (SSSR count). The second kappa shape index (κ2) is 7.94. The average molecular weight is 339 g/mol. The van der Waals surface area contributed by atoms with Crippen LogP contribution in [0, 0.1) is 5.82 Å². The molecule has 1 N–H and O–H groups in total. The smallest absolute Gasteiger partial charge is 0.130 e. The van der Waals surface area contributed by atoms with E-state index in [-0.39, 0.29) is 11.9 Å². The molecule has 0 spiro atoms. The Balaban J connectivity index is 1.83. The highest BCUT2D eigenvalue weighted by Gasteiger charge is 2.18. The van der Waals surface area contributed by atoms with E-state index in [0.717, 1.165) is 22.7 Å². The van der Waals surface area contributed by atoms with E-state index in [2.05, 4.69) is 10.3 Å². The summed E-state index contributed by atoms with van der Waals surface area (Å²) in [6, 6.07) is 14.4. The molecule has 0 aliphatic heterocycles. The molecular weight excluding hydrogens is 317 g/mol. The lowest BCUT2D eigenvalue weighted by atomic mass is 10.1. The summed E-state index contributed by atoms with van der Waals surface area (Å²) in [5, 5.41) is 3.49. The minimum atomic E-state index is -0.253. The van der Waals surface area contributed by atoms with Crippen LogP contribution in [0.15, 0.2) is 60.9 Å². The molecule has 5 heteroatoms. The fraction of sp³-hybridized carbons (Fsp3) is 0.250. The molecule has 4 nitrogen and oxygen atoms in total. The first-order chi connectivity index (χ1) is 12.2. The van der Waals surface area contributed by atoms with Crippen molar-refractivity contribution >= 4 is 0 Å². The molecule has 3 aromatic rings. The van der Waals surface area contributed by atoms with Gasteiger partial charge in [-0.05, 0) is 42.3 Å². The summed E-state index contributed by atoms with van der Waals surface area (Å²) in [6.45, 7) is 3.22. The molecule has 1 heterocycles. The maximum atomic E-state index is 13.7. The Bertz CT molecular complexity index is 831. The molecule has 0 unspecified atom stereocenters. The number of nitrogens with zero attached hydrogens (tertiary/aromatic N) is 2. The summed E-state index contributed by atoms with van der Waals surface area (Å²) in [5.74, 6) is 1.43. The lowest BCUT2D eigenvalue weighted by Gasteiger charge is -2.19. The Morgan fingerprint density at radius 2 is 2.04 bits per heavy atom. The van der Waals surface area contributed by atoms with Crippen LogP contribution in [0.3, 0.4) is 0 Å². The number of hydrogen-bond donors (Lipinski definition) is 1. The molecule has 0 aliphatic carbocycles. The molecule has 0 saturated carbocycles. The molecule has 2 aromatic carbocycles. The lowest BCUT2D eigenvalue weighted by molar-refractivity contribution is 0.339. The Hall–Kier alpha value is -2.66. The van der Waals surface area contributed by atoms with Crippen LogP contribution < -0.4 is 10.1 Å². The van der Waals surface area contributed by atoms with Crippen molar-refractivity contribution in [3.8, 4) is 5.75 Å². The van der Waals surface area contributed by atoms with Crippen LogP contribution in [0.4, 0.5) is 4.39 Å². The van der Waals surface area contributed by atoms with Gasteiger partial charge in [-0.3, -0.25) is 5.32 Å². The molecule has 0 amide bonds. The van der Waals surface area contributed by atoms with Crippen molar-refractivity contribution in [2.45, 2.75) is 19.5 Å². The zero-order valence-electron chi connectivity index (χ0n) is 14.4. The Morgan fingerprint density at radius 3 is 2.76 bits per heavy atom. The number of imidazole rings is 1. The first-order valence-corrected chi connectivity index (χ1v) is 8.35. The van der Waals surface area contributed by atoms with E-state index in [9.17, 15) is 4.39 Å². The monoisotopic (exact) mass is 339 g/mol. The second-order valence-corrected chi connectivity index (χ2v) is 5.85. The first-order valence-electron chi connectivity index (χ1n) is 8.35. The van der Waals surface area contributed by atoms with E-state index in [1.807, 2.05) is 55.1 Å². The first kappa shape index (κ1) is 17.2. The van der Waals surface area contributed by atoms with E-state index in [4.69, 9.17) is 4.74 Å². The van der Waals surface area contributed by atoms with Gasteiger partial charge in [-0.25, -0.2) is 9.37 Å². The van der Waals surface area contributed by atoms with E-state index >= 15 is 0 Å². The predicted molar refractivity (Wildman–Crippen MR) is 95.9 cm³/mol. The van der Waals surface area contributed by atoms with Crippen molar-refractivity contribution in [1.82, 2.24) is 14.9 Å². The summed E-state index contributed by atoms with van der Waals surface area (Å²) in [7, 11) is 1.94. The predicted octanol–water partition coefficient (Wildman–Crippen LogP) is 3.84. The summed E-state index contributed by atoms with van der Waals surface area (Å²) in [5.41, 5.74) is 1.94. The van der Waals surface area contributed by atoms with Crippen LogP contribution in [0.2, 0.25) is 0 Å². The summed E-state index contributed by atoms with van der Waals surface area (Å²) >= 11 is 0. The van der Waals surface area contributed by atoms with Gasteiger partial charge in [0.25, 0.3) is 0 Å². The number of aryl methyl sites for hydroxylation is 1. The quantitative estimate of drug-likeness (QED) is 0.711. The van der Waals surface area contributed by atoms with Gasteiger partial charge in [0.1, 0.15) is 17.4 Å². The number of halogens is 1. The van der Waals surface area contributed by atoms with Gasteiger partial charge in [0.15, 0.2) is 0 Å². The van der Waals surface area contributed by atoms with Gasteiger partial charge in [0.05, 0.1) is 12.6 Å². The number of benzene rings is 2. The number of hydrogen-bond acceptors (Lipinski definition) is 3. The van der Waals surface area contributed by atoms with Crippen LogP contribution in [0.5, 0.6) is 5.75 Å². The number of aromatic nitrogens is 2. The molecule has 0 saturated heterocycles. The summed E-state index contributed by atoms with van der Waals surface area (Å²) in [6.07, 6.45) is 3.64. The van der Waals surface area contributed by atoms with Gasteiger partial charge in [-0.1, -0.05) is 24.3 Å². The Morgan fingerprint density at radius 1 is 1.20 bits per heavy atom. The van der Waals surface area contributed by atoms with E-state index in [1.165, 1.54) is 6.07 Å². The van der Waals surface area contributed by atoms with Crippen molar-refractivity contribution in [3.63, 3.8) is 0 Å². The molecule has 1 aromatic heterocycles. The van der Waals surface area contributed by atoms with Gasteiger partial charge in [-0.2, -0.15) is 0 Å². The topological polar surface area (TPSA) is 39.1 Å². The molecule has 25 heavy (non-hydrogen) atoms. The SMILES string of the molecule is CCOc1cccc(CN[C@@H](c2cccc(F)c2)c2nccn2C)c1. The van der Waals surface area contributed by atoms with Crippen molar-refractivity contribution in [1.29, 1.82) is 0 Å². The highest BCUT2D eigenvalue weighted by molar-refractivity contribution is 5.30. The summed E-state index contributed by atoms with van der Waals surface area (Å²) in [4.78, 5) is 4.43. The van der Waals surface area contributed by atoms with Crippen LogP contribution in [0.1, 0.15) is 29.9 Å². The van der Waals surface area contributed by atoms with Gasteiger partial charge >= 0.3 is 0 Å². The summed E-state index contributed by atoms with van der Waals surface area (Å²) < 4.78 is 21.2. The third-order valence-electron chi connectivity index (χ3n) is 4.02. The van der Waals surface area contributed by atoms with Crippen molar-refractivity contribution in [3.05, 3.63) is 83.7 Å². The van der Waals surface area contributed by atoms with Crippen molar-refractivity contribution < 1.29 is 9.13 Å². The molecule has 1 atom stereocenters. The fourth-order valence-electron chi connectivity index (χ4n) is 2.83. The third-order valence-corrected chi connectivity index (χ3v) is 4.02. The maximum absolute atomic E-state index is 13.7. The zero-order chi connectivity index (χ0) is 17.6. The molecular formula is C20H22FN3O. The zero-order valence-corrected chi connectivity index (χ0v) is 14.4. The van der Waals surface area contributed by atoms with Crippen LogP contribution in [-0.2, 0) is 13.6 Å². The van der Waals surface area contributed by atoms with Gasteiger partial charge in [-0.15, -0.1) is 0 Å². The van der Waals surface area contributed by atoms with Crippen LogP contribution >= 0.6 is 0 Å². The fourth-order valence-corrected chi connectivity index (χ4v) is 2.83. The van der Waals surface area contributed by atoms with Crippen LogP contribution in [0.25, 0.3) is 0 Å². The highest BCUT2D eigenvalue weighted by Crippen LogP contribution is 2.22. The molecule has 0 bridgehead atoms. The molecule has 0 radical (unpaired) electrons. The number of nitrogens with one attached hydrogen (secondary N) is 1. The average Bonchev–Trinajstić information content (AvgIpc) is 3.02. The number of rotatable bonds is 7. The molecule has 0 aliphatic rings. The van der Waals surface area contributed by atoms with Crippen molar-refractivity contribution in [2.24, 2.45) is 7.05 Å². The maximum Gasteiger partial charge on any atom is 0.130 e. The third kappa shape index (κ3) is 4.25. The normalized spacial score (nSPS) is 12.1. The second-order valence-electron chi connectivity index (χ2n) is 5.85. The largest absolute Gasteiger partial charge is 0.494 e. The lowest BCUT2D eigenvalue weighted by Crippen LogP contribution is -2.25.